The maximum atomic E-state index is 14.7. The lowest BCUT2D eigenvalue weighted by atomic mass is 9.92. The molecule has 136 valence electrons. The Morgan fingerprint density at radius 2 is 0.964 bits per heavy atom. The van der Waals surface area contributed by atoms with E-state index in [4.69, 9.17) is 0 Å². The van der Waals surface area contributed by atoms with E-state index in [1.807, 2.05) is 36.4 Å². The van der Waals surface area contributed by atoms with Crippen LogP contribution in [0.3, 0.4) is 0 Å². The lowest BCUT2D eigenvalue weighted by molar-refractivity contribution is 0.626. The van der Waals surface area contributed by atoms with Gasteiger partial charge in [-0.05, 0) is 40.5 Å². The third-order valence-electron chi connectivity index (χ3n) is 4.84. The van der Waals surface area contributed by atoms with Gasteiger partial charge in [0.15, 0.2) is 0 Å². The average molecular weight is 372 g/mol. The molecule has 0 unspecified atom stereocenters. The molecule has 4 aromatic rings. The third kappa shape index (κ3) is 3.46. The van der Waals surface area contributed by atoms with Gasteiger partial charge in [-0.3, -0.25) is 0 Å². The van der Waals surface area contributed by atoms with Gasteiger partial charge >= 0.3 is 0 Å². The predicted molar refractivity (Wildman–Crippen MR) is 111 cm³/mol. The van der Waals surface area contributed by atoms with E-state index in [9.17, 15) is 13.2 Å². The molecule has 0 radical (unpaired) electrons. The van der Waals surface area contributed by atoms with E-state index in [2.05, 4.69) is 0 Å². The molecule has 0 bridgehead atoms. The lowest BCUT2D eigenvalue weighted by Crippen LogP contribution is -2.07. The normalized spacial score (nSPS) is 10.8. The van der Waals surface area contributed by atoms with Crippen molar-refractivity contribution in [3.05, 3.63) is 102 Å². The van der Waals surface area contributed by atoms with Crippen molar-refractivity contribution in [2.75, 3.05) is 0 Å². The highest BCUT2D eigenvalue weighted by Gasteiger charge is 2.12. The van der Waals surface area contributed by atoms with Gasteiger partial charge in [0.05, 0.1) is 0 Å². The highest BCUT2D eigenvalue weighted by Crippen LogP contribution is 2.31. The van der Waals surface area contributed by atoms with Gasteiger partial charge in [-0.1, -0.05) is 72.2 Å². The molecule has 0 aliphatic heterocycles. The van der Waals surface area contributed by atoms with Gasteiger partial charge in [0.2, 0.25) is 0 Å². The van der Waals surface area contributed by atoms with Crippen molar-refractivity contribution in [1.82, 2.24) is 0 Å². The van der Waals surface area contributed by atoms with Crippen molar-refractivity contribution in [3.63, 3.8) is 0 Å². The molecule has 0 atom stereocenters. The molecule has 4 aromatic carbocycles. The monoisotopic (exact) mass is 372 g/mol. The first-order valence-corrected chi connectivity index (χ1v) is 8.94. The smallest absolute Gasteiger partial charge is 0.143 e. The van der Waals surface area contributed by atoms with Gasteiger partial charge in [0, 0.05) is 11.1 Å². The van der Waals surface area contributed by atoms with Crippen LogP contribution in [0.15, 0.2) is 84.9 Å². The summed E-state index contributed by atoms with van der Waals surface area (Å²) >= 11 is 0. The molecule has 0 nitrogen and oxygen atoms in total. The molecule has 4 heteroatoms. The summed E-state index contributed by atoms with van der Waals surface area (Å²) in [5.41, 5.74) is 3.66. The topological polar surface area (TPSA) is 0 Å². The summed E-state index contributed by atoms with van der Waals surface area (Å²) in [4.78, 5) is 0. The largest absolute Gasteiger partial charge is 0.208 e. The van der Waals surface area contributed by atoms with Crippen molar-refractivity contribution in [3.8, 4) is 33.4 Å². The summed E-state index contributed by atoms with van der Waals surface area (Å²) in [6.07, 6.45) is 0. The minimum absolute atomic E-state index is 0.281. The summed E-state index contributed by atoms with van der Waals surface area (Å²) in [6, 6.07) is 23.5. The third-order valence-corrected chi connectivity index (χ3v) is 4.84. The van der Waals surface area contributed by atoms with Crippen LogP contribution in [-0.4, -0.2) is 7.85 Å². The highest BCUT2D eigenvalue weighted by atomic mass is 19.1. The van der Waals surface area contributed by atoms with E-state index in [1.54, 1.807) is 38.2 Å². The van der Waals surface area contributed by atoms with Crippen LogP contribution in [0.5, 0.6) is 0 Å². The van der Waals surface area contributed by atoms with Gasteiger partial charge < -0.3 is 0 Å². The number of halogens is 3. The second kappa shape index (κ2) is 7.39. The van der Waals surface area contributed by atoms with Crippen LogP contribution >= 0.6 is 0 Å². The molecule has 0 heterocycles. The van der Waals surface area contributed by atoms with E-state index in [0.717, 1.165) is 11.1 Å². The van der Waals surface area contributed by atoms with E-state index in [-0.39, 0.29) is 11.4 Å². The van der Waals surface area contributed by atoms with E-state index < -0.39 is 11.6 Å². The van der Waals surface area contributed by atoms with Crippen molar-refractivity contribution in [2.24, 2.45) is 0 Å². The number of hydrogen-bond donors (Lipinski definition) is 0. The number of rotatable bonds is 3. The quantitative estimate of drug-likeness (QED) is 0.425. The van der Waals surface area contributed by atoms with Gasteiger partial charge in [0.25, 0.3) is 0 Å². The minimum Gasteiger partial charge on any atom is -0.208 e. The minimum atomic E-state index is -0.521. The Balaban J connectivity index is 1.70. The zero-order valence-electron chi connectivity index (χ0n) is 15.2. The van der Waals surface area contributed by atoms with Crippen LogP contribution in [-0.2, 0) is 0 Å². The maximum absolute atomic E-state index is 14.7. The van der Waals surface area contributed by atoms with Crippen LogP contribution in [0.25, 0.3) is 33.4 Å². The zero-order chi connectivity index (χ0) is 19.7. The molecule has 0 spiro atoms. The van der Waals surface area contributed by atoms with Crippen molar-refractivity contribution in [2.45, 2.75) is 0 Å². The first-order chi connectivity index (χ1) is 13.5. The Morgan fingerprint density at radius 1 is 0.464 bits per heavy atom. The highest BCUT2D eigenvalue weighted by molar-refractivity contribution is 6.32. The molecule has 28 heavy (non-hydrogen) atoms. The van der Waals surface area contributed by atoms with Crippen LogP contribution in [0.2, 0.25) is 0 Å². The van der Waals surface area contributed by atoms with E-state index in [1.165, 1.54) is 18.2 Å². The zero-order valence-corrected chi connectivity index (χ0v) is 15.2. The summed E-state index contributed by atoms with van der Waals surface area (Å²) < 4.78 is 43.2. The molecule has 0 N–H and O–H groups in total. The Morgan fingerprint density at radius 3 is 1.54 bits per heavy atom. The molecule has 4 rings (SSSR count). The fourth-order valence-electron chi connectivity index (χ4n) is 3.24. The molecule has 0 aliphatic carbocycles. The summed E-state index contributed by atoms with van der Waals surface area (Å²) in [7, 11) is 1.65. The van der Waals surface area contributed by atoms with Crippen LogP contribution in [0, 0.1) is 17.5 Å². The molecule has 0 saturated carbocycles. The first kappa shape index (κ1) is 18.1. The molecule has 0 fully saturated rings. The fourth-order valence-corrected chi connectivity index (χ4v) is 3.24. The molecule has 0 amide bonds. The molecular weight excluding hydrogens is 356 g/mol. The fraction of sp³-hybridized carbons (Fsp3) is 0. The van der Waals surface area contributed by atoms with Crippen molar-refractivity contribution < 1.29 is 13.2 Å². The summed E-state index contributed by atoms with van der Waals surface area (Å²) in [5.74, 6) is -1.33. The molecule has 0 aliphatic rings. The average Bonchev–Trinajstić information content (AvgIpc) is 2.71. The van der Waals surface area contributed by atoms with E-state index >= 15 is 0 Å². The van der Waals surface area contributed by atoms with Crippen molar-refractivity contribution >= 4 is 13.3 Å². The Labute approximate surface area is 162 Å². The molecule has 0 aromatic heterocycles. The SMILES string of the molecule is Bc1ccc(-c2ccc(-c3ccc(-c4ccccc4)cc3F)cc2F)cc1F. The molecular formula is C24H16BF3. The number of benzene rings is 4. The molecule has 0 saturated heterocycles. The van der Waals surface area contributed by atoms with E-state index in [0.29, 0.717) is 22.2 Å². The van der Waals surface area contributed by atoms with Gasteiger partial charge in [-0.15, -0.1) is 0 Å². The van der Waals surface area contributed by atoms with Crippen molar-refractivity contribution in [1.29, 1.82) is 0 Å². The van der Waals surface area contributed by atoms with Crippen LogP contribution in [0.4, 0.5) is 13.2 Å². The maximum Gasteiger partial charge on any atom is 0.143 e. The predicted octanol–water partition coefficient (Wildman–Crippen LogP) is 5.36. The lowest BCUT2D eigenvalue weighted by Gasteiger charge is -2.10. The van der Waals surface area contributed by atoms with Gasteiger partial charge in [0.1, 0.15) is 25.3 Å². The standard InChI is InChI=1S/C24H16BF3/c25-21-11-8-18(14-24(21)28)20-10-7-17(13-23(20)27)19-9-6-16(12-22(19)26)15-4-2-1-3-5-15/h1-14H,25H2. The van der Waals surface area contributed by atoms with Gasteiger partial charge in [-0.25, -0.2) is 13.2 Å². The second-order valence-electron chi connectivity index (χ2n) is 6.72. The van der Waals surface area contributed by atoms with Gasteiger partial charge in [-0.2, -0.15) is 0 Å². The van der Waals surface area contributed by atoms with Crippen LogP contribution in [0.1, 0.15) is 0 Å². The number of hydrogen-bond acceptors (Lipinski definition) is 0. The Kier molecular flexibility index (Phi) is 4.78. The first-order valence-electron chi connectivity index (χ1n) is 8.94. The summed E-state index contributed by atoms with van der Waals surface area (Å²) in [6.45, 7) is 0. The Bertz CT molecular complexity index is 1150. The second-order valence-corrected chi connectivity index (χ2v) is 6.72. The Hall–Kier alpha value is -3.27. The summed E-state index contributed by atoms with van der Waals surface area (Å²) in [5, 5.41) is 0. The van der Waals surface area contributed by atoms with Crippen LogP contribution < -0.4 is 5.46 Å².